The van der Waals surface area contributed by atoms with E-state index >= 15 is 0 Å². The molecule has 0 aromatic carbocycles. The van der Waals surface area contributed by atoms with Gasteiger partial charge in [-0.15, -0.1) is 0 Å². The van der Waals surface area contributed by atoms with E-state index in [0.717, 1.165) is 19.6 Å². The molecule has 1 aliphatic heterocycles. The van der Waals surface area contributed by atoms with Crippen LogP contribution in [0.4, 0.5) is 0 Å². The standard InChI is InChI=1S/C6H13N3O/c7-1-3-9-4-2-8-6(10)5-9/h1-5,7H2,(H,8,10). The molecule has 0 bridgehead atoms. The molecule has 0 saturated carbocycles. The average Bonchev–Trinajstić information content (AvgIpc) is 1.88. The zero-order chi connectivity index (χ0) is 7.40. The number of piperazine rings is 1. The van der Waals surface area contributed by atoms with Crippen LogP contribution < -0.4 is 11.1 Å². The maximum absolute atomic E-state index is 10.8. The van der Waals surface area contributed by atoms with Crippen molar-refractivity contribution in [1.82, 2.24) is 10.2 Å². The van der Waals surface area contributed by atoms with Gasteiger partial charge in [0.25, 0.3) is 0 Å². The number of nitrogens with two attached hydrogens (primary N) is 1. The number of nitrogens with one attached hydrogen (secondary N) is 1. The summed E-state index contributed by atoms with van der Waals surface area (Å²) in [6.45, 7) is 3.67. The van der Waals surface area contributed by atoms with Crippen LogP contribution in [0.15, 0.2) is 0 Å². The van der Waals surface area contributed by atoms with Crippen LogP contribution in [0.5, 0.6) is 0 Å². The Hall–Kier alpha value is -0.610. The van der Waals surface area contributed by atoms with Crippen molar-refractivity contribution in [3.05, 3.63) is 0 Å². The van der Waals surface area contributed by atoms with Crippen molar-refractivity contribution in [1.29, 1.82) is 0 Å². The number of hydrogen-bond acceptors (Lipinski definition) is 3. The van der Waals surface area contributed by atoms with Crippen LogP contribution in [-0.4, -0.2) is 43.5 Å². The number of carbonyl (C=O) groups is 1. The lowest BCUT2D eigenvalue weighted by atomic mass is 10.3. The third-order valence-electron chi connectivity index (χ3n) is 1.56. The first kappa shape index (κ1) is 7.50. The minimum atomic E-state index is 0.111. The van der Waals surface area contributed by atoms with Gasteiger partial charge in [0.05, 0.1) is 6.54 Å². The summed E-state index contributed by atoms with van der Waals surface area (Å²) in [4.78, 5) is 12.8. The van der Waals surface area contributed by atoms with Gasteiger partial charge >= 0.3 is 0 Å². The van der Waals surface area contributed by atoms with Crippen molar-refractivity contribution >= 4 is 5.91 Å². The molecule has 0 aromatic heterocycles. The second kappa shape index (κ2) is 3.53. The minimum Gasteiger partial charge on any atom is -0.354 e. The van der Waals surface area contributed by atoms with E-state index in [1.54, 1.807) is 0 Å². The summed E-state index contributed by atoms with van der Waals surface area (Å²) in [5.41, 5.74) is 5.33. The van der Waals surface area contributed by atoms with Crippen LogP contribution in [0.25, 0.3) is 0 Å². The fourth-order valence-electron chi connectivity index (χ4n) is 1.06. The molecule has 1 rings (SSSR count). The highest BCUT2D eigenvalue weighted by Gasteiger charge is 2.13. The number of carbonyl (C=O) groups excluding carboxylic acids is 1. The topological polar surface area (TPSA) is 58.4 Å². The van der Waals surface area contributed by atoms with Gasteiger partial charge in [0.15, 0.2) is 0 Å². The van der Waals surface area contributed by atoms with E-state index in [1.807, 2.05) is 0 Å². The van der Waals surface area contributed by atoms with E-state index in [0.29, 0.717) is 13.1 Å². The lowest BCUT2D eigenvalue weighted by Crippen LogP contribution is -2.48. The zero-order valence-electron chi connectivity index (χ0n) is 5.97. The van der Waals surface area contributed by atoms with Crippen molar-refractivity contribution < 1.29 is 4.79 Å². The molecule has 1 fully saturated rings. The van der Waals surface area contributed by atoms with Gasteiger partial charge in [-0.05, 0) is 0 Å². The maximum atomic E-state index is 10.8. The maximum Gasteiger partial charge on any atom is 0.234 e. The normalized spacial score (nSPS) is 20.7. The van der Waals surface area contributed by atoms with Gasteiger partial charge in [0, 0.05) is 26.2 Å². The van der Waals surface area contributed by atoms with Gasteiger partial charge in [0.2, 0.25) is 5.91 Å². The van der Waals surface area contributed by atoms with Crippen molar-refractivity contribution in [2.45, 2.75) is 0 Å². The summed E-state index contributed by atoms with van der Waals surface area (Å²) < 4.78 is 0. The highest BCUT2D eigenvalue weighted by molar-refractivity contribution is 5.78. The van der Waals surface area contributed by atoms with Crippen LogP contribution in [0.2, 0.25) is 0 Å². The zero-order valence-corrected chi connectivity index (χ0v) is 5.97. The molecule has 1 heterocycles. The molecule has 4 nitrogen and oxygen atoms in total. The van der Waals surface area contributed by atoms with E-state index in [1.165, 1.54) is 0 Å². The van der Waals surface area contributed by atoms with Crippen molar-refractivity contribution in [2.24, 2.45) is 5.73 Å². The van der Waals surface area contributed by atoms with Crippen molar-refractivity contribution in [3.8, 4) is 0 Å². The fraction of sp³-hybridized carbons (Fsp3) is 0.833. The molecular formula is C6H13N3O. The lowest BCUT2D eigenvalue weighted by Gasteiger charge is -2.25. The van der Waals surface area contributed by atoms with E-state index in [2.05, 4.69) is 10.2 Å². The van der Waals surface area contributed by atoms with Gasteiger partial charge in [-0.2, -0.15) is 0 Å². The predicted molar refractivity (Wildman–Crippen MR) is 38.5 cm³/mol. The van der Waals surface area contributed by atoms with Gasteiger partial charge in [0.1, 0.15) is 0 Å². The van der Waals surface area contributed by atoms with Gasteiger partial charge in [-0.25, -0.2) is 0 Å². The predicted octanol–water partition coefficient (Wildman–Crippen LogP) is -1.62. The molecule has 1 aliphatic rings. The van der Waals surface area contributed by atoms with Crippen LogP contribution in [0.3, 0.4) is 0 Å². The Morgan fingerprint density at radius 1 is 1.70 bits per heavy atom. The first-order valence-electron chi connectivity index (χ1n) is 3.52. The first-order valence-corrected chi connectivity index (χ1v) is 3.52. The minimum absolute atomic E-state index is 0.111. The van der Waals surface area contributed by atoms with Gasteiger partial charge in [-0.3, -0.25) is 9.69 Å². The SMILES string of the molecule is NCCN1CCNC(=O)C1. The van der Waals surface area contributed by atoms with E-state index in [4.69, 9.17) is 5.73 Å². The Labute approximate surface area is 60.4 Å². The summed E-state index contributed by atoms with van der Waals surface area (Å²) in [5, 5.41) is 2.75. The molecule has 1 amide bonds. The quantitative estimate of drug-likeness (QED) is 0.488. The molecule has 0 aromatic rings. The number of amides is 1. The monoisotopic (exact) mass is 143 g/mol. The summed E-state index contributed by atoms with van der Waals surface area (Å²) in [5.74, 6) is 0.111. The molecular weight excluding hydrogens is 130 g/mol. The fourth-order valence-corrected chi connectivity index (χ4v) is 1.06. The Kier molecular flexibility index (Phi) is 2.65. The summed E-state index contributed by atoms with van der Waals surface area (Å²) >= 11 is 0. The lowest BCUT2D eigenvalue weighted by molar-refractivity contribution is -0.124. The third-order valence-corrected chi connectivity index (χ3v) is 1.56. The molecule has 10 heavy (non-hydrogen) atoms. The smallest absolute Gasteiger partial charge is 0.234 e. The molecule has 4 heteroatoms. The van der Waals surface area contributed by atoms with Crippen molar-refractivity contribution in [2.75, 3.05) is 32.7 Å². The molecule has 0 spiro atoms. The number of nitrogens with zero attached hydrogens (tertiary/aromatic N) is 1. The Bertz CT molecular complexity index is 124. The Balaban J connectivity index is 2.25. The molecule has 0 unspecified atom stereocenters. The second-order valence-corrected chi connectivity index (χ2v) is 2.41. The molecule has 0 radical (unpaired) electrons. The van der Waals surface area contributed by atoms with Crippen molar-refractivity contribution in [3.63, 3.8) is 0 Å². The van der Waals surface area contributed by atoms with Crippen LogP contribution >= 0.6 is 0 Å². The third kappa shape index (κ3) is 1.97. The molecule has 3 N–H and O–H groups in total. The van der Waals surface area contributed by atoms with Crippen LogP contribution in [0.1, 0.15) is 0 Å². The summed E-state index contributed by atoms with van der Waals surface area (Å²) in [6, 6.07) is 0. The molecule has 58 valence electrons. The molecule has 1 saturated heterocycles. The second-order valence-electron chi connectivity index (χ2n) is 2.41. The summed E-state index contributed by atoms with van der Waals surface area (Å²) in [7, 11) is 0. The van der Waals surface area contributed by atoms with Gasteiger partial charge < -0.3 is 11.1 Å². The van der Waals surface area contributed by atoms with E-state index < -0.39 is 0 Å². The van der Waals surface area contributed by atoms with E-state index in [-0.39, 0.29) is 5.91 Å². The van der Waals surface area contributed by atoms with Crippen LogP contribution in [-0.2, 0) is 4.79 Å². The molecule has 0 aliphatic carbocycles. The average molecular weight is 143 g/mol. The Morgan fingerprint density at radius 2 is 2.50 bits per heavy atom. The van der Waals surface area contributed by atoms with Crippen LogP contribution in [0, 0.1) is 0 Å². The Morgan fingerprint density at radius 3 is 3.10 bits per heavy atom. The number of rotatable bonds is 2. The number of hydrogen-bond donors (Lipinski definition) is 2. The largest absolute Gasteiger partial charge is 0.354 e. The first-order chi connectivity index (χ1) is 4.83. The highest BCUT2D eigenvalue weighted by atomic mass is 16.2. The molecule has 0 atom stereocenters. The summed E-state index contributed by atoms with van der Waals surface area (Å²) in [6.07, 6.45) is 0. The van der Waals surface area contributed by atoms with Gasteiger partial charge in [-0.1, -0.05) is 0 Å². The van der Waals surface area contributed by atoms with E-state index in [9.17, 15) is 4.79 Å². The highest BCUT2D eigenvalue weighted by Crippen LogP contribution is 1.90.